The highest BCUT2D eigenvalue weighted by Gasteiger charge is 2.22. The Kier molecular flexibility index (Phi) is 6.92. The van der Waals surface area contributed by atoms with Crippen molar-refractivity contribution in [1.29, 1.82) is 10.7 Å². The molecule has 0 radical (unpaired) electrons. The van der Waals surface area contributed by atoms with E-state index < -0.39 is 18.0 Å². The monoisotopic (exact) mass is 427 g/mol. The Bertz CT molecular complexity index is 1040. The summed E-state index contributed by atoms with van der Waals surface area (Å²) in [7, 11) is 0. The van der Waals surface area contributed by atoms with Crippen molar-refractivity contribution in [3.63, 3.8) is 0 Å². The van der Waals surface area contributed by atoms with Crippen LogP contribution < -0.4 is 10.6 Å². The van der Waals surface area contributed by atoms with Crippen LogP contribution in [0.2, 0.25) is 0 Å². The summed E-state index contributed by atoms with van der Waals surface area (Å²) in [6, 6.07) is 6.47. The fraction of sp³-hybridized carbons (Fsp3) is 0.364. The second-order valence-electron chi connectivity index (χ2n) is 7.31. The molecule has 2 aromatic rings. The normalized spacial score (nSPS) is 15.9. The first kappa shape index (κ1) is 22.3. The molecule has 162 valence electrons. The molecule has 31 heavy (non-hydrogen) atoms. The Morgan fingerprint density at radius 3 is 2.74 bits per heavy atom. The van der Waals surface area contributed by atoms with Crippen molar-refractivity contribution >= 4 is 23.0 Å². The third-order valence-electron chi connectivity index (χ3n) is 5.26. The number of carbonyl (C=O) groups excluding carboxylic acids is 1. The molecule has 1 aliphatic rings. The minimum atomic E-state index is -2.97. The molecule has 1 unspecified atom stereocenters. The Labute approximate surface area is 179 Å². The number of nitrogens with one attached hydrogen (secondary N) is 3. The summed E-state index contributed by atoms with van der Waals surface area (Å²) < 4.78 is 32.2. The van der Waals surface area contributed by atoms with Gasteiger partial charge < -0.3 is 15.4 Å². The standard InChI is InChI=1S/C22H23F2N5O2/c1-12-13(2)20(27-11-14(12)10-25)22(30)28-15-6-7-17(16(9-15)19(26)21(23)24)29-18-5-3-4-8-31-18/h6-7,9,11,18,21,26,29H,3-5,8H2,1-2H3,(H,28,30). The molecule has 1 fully saturated rings. The molecule has 1 amide bonds. The van der Waals surface area contributed by atoms with Crippen molar-refractivity contribution in [1.82, 2.24) is 4.98 Å². The molecule has 1 aromatic heterocycles. The van der Waals surface area contributed by atoms with Crippen LogP contribution in [0.15, 0.2) is 24.4 Å². The van der Waals surface area contributed by atoms with Crippen molar-refractivity contribution in [2.75, 3.05) is 17.2 Å². The number of hydrogen-bond donors (Lipinski definition) is 3. The number of amides is 1. The van der Waals surface area contributed by atoms with E-state index in [0.717, 1.165) is 19.3 Å². The summed E-state index contributed by atoms with van der Waals surface area (Å²) in [6.45, 7) is 4.00. The SMILES string of the molecule is Cc1c(C#N)cnc(C(=O)Nc2ccc(NC3CCCCO3)c(C(=N)C(F)F)c2)c1C. The molecule has 9 heteroatoms. The van der Waals surface area contributed by atoms with Crippen LogP contribution >= 0.6 is 0 Å². The summed E-state index contributed by atoms with van der Waals surface area (Å²) in [5.74, 6) is -0.532. The van der Waals surface area contributed by atoms with Gasteiger partial charge in [-0.05, 0) is 62.4 Å². The van der Waals surface area contributed by atoms with Gasteiger partial charge in [-0.1, -0.05) is 0 Å². The smallest absolute Gasteiger partial charge is 0.280 e. The fourth-order valence-electron chi connectivity index (χ4n) is 3.35. The summed E-state index contributed by atoms with van der Waals surface area (Å²) in [4.78, 5) is 16.8. The molecule has 2 heterocycles. The second kappa shape index (κ2) is 9.62. The van der Waals surface area contributed by atoms with Crippen LogP contribution in [-0.2, 0) is 4.74 Å². The van der Waals surface area contributed by atoms with Gasteiger partial charge >= 0.3 is 0 Å². The molecule has 0 spiro atoms. The highest BCUT2D eigenvalue weighted by molar-refractivity contribution is 6.08. The van der Waals surface area contributed by atoms with Crippen LogP contribution in [0.25, 0.3) is 0 Å². The van der Waals surface area contributed by atoms with Gasteiger partial charge in [0.15, 0.2) is 0 Å². The number of aromatic nitrogens is 1. The quantitative estimate of drug-likeness (QED) is 0.592. The van der Waals surface area contributed by atoms with Gasteiger partial charge in [0, 0.05) is 29.7 Å². The molecule has 0 bridgehead atoms. The van der Waals surface area contributed by atoms with Crippen LogP contribution in [-0.4, -0.2) is 35.9 Å². The first-order valence-electron chi connectivity index (χ1n) is 9.88. The zero-order chi connectivity index (χ0) is 22.5. The highest BCUT2D eigenvalue weighted by Crippen LogP contribution is 2.26. The van der Waals surface area contributed by atoms with Crippen LogP contribution in [0.3, 0.4) is 0 Å². The molecule has 7 nitrogen and oxygen atoms in total. The maximum absolute atomic E-state index is 13.3. The predicted octanol–water partition coefficient (Wildman–Crippen LogP) is 4.39. The molecule has 3 N–H and O–H groups in total. The number of nitrogens with zero attached hydrogens (tertiary/aromatic N) is 2. The maximum atomic E-state index is 13.3. The number of halogens is 2. The van der Waals surface area contributed by atoms with E-state index >= 15 is 0 Å². The van der Waals surface area contributed by atoms with E-state index in [9.17, 15) is 13.6 Å². The van der Waals surface area contributed by atoms with Gasteiger partial charge in [0.2, 0.25) is 0 Å². The maximum Gasteiger partial charge on any atom is 0.280 e. The molecule has 1 saturated heterocycles. The minimum Gasteiger partial charge on any atom is -0.360 e. The molecule has 1 aliphatic heterocycles. The van der Waals surface area contributed by atoms with Gasteiger partial charge in [-0.2, -0.15) is 5.26 Å². The lowest BCUT2D eigenvalue weighted by Crippen LogP contribution is -2.28. The average molecular weight is 427 g/mol. The van der Waals surface area contributed by atoms with Crippen molar-refractivity contribution < 1.29 is 18.3 Å². The zero-order valence-corrected chi connectivity index (χ0v) is 17.3. The van der Waals surface area contributed by atoms with E-state index in [4.69, 9.17) is 15.4 Å². The molecule has 1 aromatic carbocycles. The van der Waals surface area contributed by atoms with Crippen molar-refractivity contribution in [3.05, 3.63) is 52.3 Å². The third-order valence-corrected chi connectivity index (χ3v) is 5.26. The number of rotatable bonds is 6. The number of anilines is 2. The van der Waals surface area contributed by atoms with Crippen molar-refractivity contribution in [2.24, 2.45) is 0 Å². The molecular formula is C22H23F2N5O2. The molecule has 1 atom stereocenters. The lowest BCUT2D eigenvalue weighted by Gasteiger charge is -2.26. The largest absolute Gasteiger partial charge is 0.360 e. The van der Waals surface area contributed by atoms with Crippen LogP contribution in [0.5, 0.6) is 0 Å². The van der Waals surface area contributed by atoms with Crippen LogP contribution in [0, 0.1) is 30.6 Å². The van der Waals surface area contributed by atoms with Crippen molar-refractivity contribution in [2.45, 2.75) is 45.8 Å². The second-order valence-corrected chi connectivity index (χ2v) is 7.31. The van der Waals surface area contributed by atoms with E-state index in [1.165, 1.54) is 12.3 Å². The van der Waals surface area contributed by atoms with E-state index in [1.807, 2.05) is 6.07 Å². The summed E-state index contributed by atoms with van der Waals surface area (Å²) in [6.07, 6.45) is 0.695. The Morgan fingerprint density at radius 1 is 1.32 bits per heavy atom. The number of alkyl halides is 2. The Balaban J connectivity index is 1.87. The predicted molar refractivity (Wildman–Crippen MR) is 113 cm³/mol. The van der Waals surface area contributed by atoms with E-state index in [1.54, 1.807) is 26.0 Å². The van der Waals surface area contributed by atoms with Gasteiger partial charge in [-0.3, -0.25) is 10.2 Å². The number of nitriles is 1. The third kappa shape index (κ3) is 5.03. The highest BCUT2D eigenvalue weighted by atomic mass is 19.3. The van der Waals surface area contributed by atoms with Gasteiger partial charge in [0.25, 0.3) is 12.3 Å². The first-order chi connectivity index (χ1) is 14.8. The van der Waals surface area contributed by atoms with E-state index in [2.05, 4.69) is 15.6 Å². The average Bonchev–Trinajstić information content (AvgIpc) is 2.76. The Hall–Kier alpha value is -3.38. The topological polar surface area (TPSA) is 111 Å². The van der Waals surface area contributed by atoms with Gasteiger partial charge in [-0.15, -0.1) is 0 Å². The number of carbonyl (C=O) groups is 1. The van der Waals surface area contributed by atoms with E-state index in [-0.39, 0.29) is 23.2 Å². The fourth-order valence-corrected chi connectivity index (χ4v) is 3.35. The zero-order valence-electron chi connectivity index (χ0n) is 17.3. The van der Waals surface area contributed by atoms with Crippen LogP contribution in [0.4, 0.5) is 20.2 Å². The summed E-state index contributed by atoms with van der Waals surface area (Å²) >= 11 is 0. The van der Waals surface area contributed by atoms with Crippen molar-refractivity contribution in [3.8, 4) is 6.07 Å². The lowest BCUT2D eigenvalue weighted by atomic mass is 10.0. The Morgan fingerprint density at radius 2 is 2.10 bits per heavy atom. The number of hydrogen-bond acceptors (Lipinski definition) is 6. The summed E-state index contributed by atoms with van der Waals surface area (Å²) in [5, 5.41) is 22.6. The molecule has 0 saturated carbocycles. The first-order valence-corrected chi connectivity index (χ1v) is 9.88. The number of ether oxygens (including phenoxy) is 1. The van der Waals surface area contributed by atoms with Gasteiger partial charge in [0.1, 0.15) is 23.7 Å². The summed E-state index contributed by atoms with van der Waals surface area (Å²) in [5.41, 5.74) is 1.46. The van der Waals surface area contributed by atoms with Crippen LogP contribution in [0.1, 0.15) is 52.0 Å². The number of benzene rings is 1. The van der Waals surface area contributed by atoms with Gasteiger partial charge in [0.05, 0.1) is 5.56 Å². The minimum absolute atomic E-state index is 0.0114. The van der Waals surface area contributed by atoms with E-state index in [0.29, 0.717) is 29.0 Å². The molecule has 0 aliphatic carbocycles. The van der Waals surface area contributed by atoms with Gasteiger partial charge in [-0.25, -0.2) is 13.8 Å². The molecule has 3 rings (SSSR count). The molecular weight excluding hydrogens is 404 g/mol. The number of pyridine rings is 1. The lowest BCUT2D eigenvalue weighted by molar-refractivity contribution is 0.0343.